The van der Waals surface area contributed by atoms with E-state index >= 15 is 0 Å². The lowest BCUT2D eigenvalue weighted by Gasteiger charge is -2.06. The second-order valence-electron chi connectivity index (χ2n) is 3.64. The van der Waals surface area contributed by atoms with Gasteiger partial charge in [-0.1, -0.05) is 13.0 Å². The van der Waals surface area contributed by atoms with E-state index in [1.54, 1.807) is 18.3 Å². The molecule has 4 nitrogen and oxygen atoms in total. The van der Waals surface area contributed by atoms with Crippen molar-refractivity contribution in [3.8, 4) is 10.6 Å². The minimum absolute atomic E-state index is 0. The first-order chi connectivity index (χ1) is 8.20. The molecule has 2 rings (SSSR count). The number of carbonyl (C=O) groups excluding carboxylic acids is 1. The molecule has 2 aromatic rings. The van der Waals surface area contributed by atoms with Crippen molar-refractivity contribution in [3.63, 3.8) is 0 Å². The minimum atomic E-state index is -0.191. The van der Waals surface area contributed by atoms with Crippen molar-refractivity contribution in [2.45, 2.75) is 6.92 Å². The van der Waals surface area contributed by atoms with Crippen LogP contribution < -0.4 is 11.1 Å². The predicted octanol–water partition coefficient (Wildman–Crippen LogP) is 2.83. The summed E-state index contributed by atoms with van der Waals surface area (Å²) in [7, 11) is 0. The molecule has 0 aromatic carbocycles. The highest BCUT2D eigenvalue weighted by Gasteiger charge is 2.13. The van der Waals surface area contributed by atoms with Gasteiger partial charge in [-0.3, -0.25) is 4.79 Å². The molecule has 1 amide bonds. The lowest BCUT2D eigenvalue weighted by atomic mass is 10.2. The second kappa shape index (κ2) is 6.84. The summed E-state index contributed by atoms with van der Waals surface area (Å²) < 4.78 is 0. The van der Waals surface area contributed by atoms with Crippen LogP contribution in [0.15, 0.2) is 22.9 Å². The highest BCUT2D eigenvalue weighted by molar-refractivity contribution is 7.16. The fraction of sp³-hybridized carbons (Fsp3) is 0.273. The van der Waals surface area contributed by atoms with Crippen LogP contribution in [0, 0.1) is 5.92 Å². The van der Waals surface area contributed by atoms with Crippen LogP contribution in [0.1, 0.15) is 6.92 Å². The molecule has 0 aliphatic heterocycles. The number of carbonyl (C=O) groups is 1. The van der Waals surface area contributed by atoms with Gasteiger partial charge in [-0.25, -0.2) is 4.98 Å². The van der Waals surface area contributed by atoms with E-state index in [0.29, 0.717) is 11.7 Å². The van der Waals surface area contributed by atoms with Gasteiger partial charge >= 0.3 is 0 Å². The molecule has 0 aliphatic carbocycles. The van der Waals surface area contributed by atoms with Gasteiger partial charge in [0.2, 0.25) is 5.91 Å². The zero-order valence-corrected chi connectivity index (χ0v) is 12.2. The molecule has 1 atom stereocenters. The summed E-state index contributed by atoms with van der Waals surface area (Å²) >= 11 is 3.06. The first-order valence-corrected chi connectivity index (χ1v) is 6.97. The third-order valence-corrected chi connectivity index (χ3v) is 3.96. The van der Waals surface area contributed by atoms with E-state index in [-0.39, 0.29) is 24.2 Å². The van der Waals surface area contributed by atoms with E-state index in [0.717, 1.165) is 10.6 Å². The number of amides is 1. The lowest BCUT2D eigenvalue weighted by molar-refractivity contribution is -0.119. The van der Waals surface area contributed by atoms with Crippen molar-refractivity contribution >= 4 is 46.1 Å². The number of rotatable bonds is 4. The number of thiophene rings is 1. The van der Waals surface area contributed by atoms with E-state index in [4.69, 9.17) is 5.73 Å². The standard InChI is InChI=1S/C11H13N3OS2.ClH/c1-7(5-12)10(15)14-11-13-8(6-17-11)9-3-2-4-16-9;/h2-4,6-7H,5,12H2,1H3,(H,13,14,15);1H. The zero-order valence-electron chi connectivity index (χ0n) is 9.75. The Bertz CT molecular complexity index is 498. The van der Waals surface area contributed by atoms with Gasteiger partial charge < -0.3 is 11.1 Å². The van der Waals surface area contributed by atoms with Crippen LogP contribution in [0.3, 0.4) is 0 Å². The first-order valence-electron chi connectivity index (χ1n) is 5.21. The fourth-order valence-electron chi connectivity index (χ4n) is 1.20. The molecule has 2 heterocycles. The Kier molecular flexibility index (Phi) is 5.74. The van der Waals surface area contributed by atoms with Crippen LogP contribution >= 0.6 is 35.1 Å². The van der Waals surface area contributed by atoms with E-state index in [1.807, 2.05) is 22.9 Å². The van der Waals surface area contributed by atoms with Gasteiger partial charge in [-0.05, 0) is 11.4 Å². The first kappa shape index (κ1) is 15.1. The van der Waals surface area contributed by atoms with Gasteiger partial charge in [0.05, 0.1) is 10.6 Å². The third-order valence-electron chi connectivity index (χ3n) is 2.31. The van der Waals surface area contributed by atoms with Gasteiger partial charge in [0.1, 0.15) is 0 Å². The molecule has 2 aromatic heterocycles. The number of hydrogen-bond acceptors (Lipinski definition) is 5. The number of halogens is 1. The molecule has 0 bridgehead atoms. The monoisotopic (exact) mass is 303 g/mol. The van der Waals surface area contributed by atoms with Crippen molar-refractivity contribution in [1.82, 2.24) is 4.98 Å². The molecule has 0 spiro atoms. The summed E-state index contributed by atoms with van der Waals surface area (Å²) in [5.74, 6) is -0.274. The second-order valence-corrected chi connectivity index (χ2v) is 5.45. The number of anilines is 1. The molecule has 0 saturated carbocycles. The molecule has 7 heteroatoms. The van der Waals surface area contributed by atoms with E-state index in [9.17, 15) is 4.79 Å². The van der Waals surface area contributed by atoms with Crippen molar-refractivity contribution < 1.29 is 4.79 Å². The van der Waals surface area contributed by atoms with E-state index in [1.165, 1.54) is 11.3 Å². The van der Waals surface area contributed by atoms with Crippen molar-refractivity contribution in [1.29, 1.82) is 0 Å². The highest BCUT2D eigenvalue weighted by Crippen LogP contribution is 2.28. The van der Waals surface area contributed by atoms with Gasteiger partial charge in [-0.2, -0.15) is 0 Å². The largest absolute Gasteiger partial charge is 0.330 e. The smallest absolute Gasteiger partial charge is 0.230 e. The van der Waals surface area contributed by atoms with E-state index < -0.39 is 0 Å². The summed E-state index contributed by atoms with van der Waals surface area (Å²) in [5, 5.41) is 7.33. The summed E-state index contributed by atoms with van der Waals surface area (Å²) in [4.78, 5) is 17.1. The van der Waals surface area contributed by atoms with Gasteiger partial charge in [0.15, 0.2) is 5.13 Å². The molecule has 0 saturated heterocycles. The summed E-state index contributed by atoms with van der Waals surface area (Å²) in [6, 6.07) is 3.99. The summed E-state index contributed by atoms with van der Waals surface area (Å²) in [6.45, 7) is 2.14. The molecular weight excluding hydrogens is 290 g/mol. The van der Waals surface area contributed by atoms with Gasteiger partial charge in [0.25, 0.3) is 0 Å². The predicted molar refractivity (Wildman–Crippen MR) is 79.5 cm³/mol. The Morgan fingerprint density at radius 3 is 2.94 bits per heavy atom. The van der Waals surface area contributed by atoms with Crippen LogP contribution in [0.25, 0.3) is 10.6 Å². The highest BCUT2D eigenvalue weighted by atomic mass is 35.5. The molecule has 0 aliphatic rings. The molecule has 0 radical (unpaired) electrons. The number of nitrogens with two attached hydrogens (primary N) is 1. The maximum Gasteiger partial charge on any atom is 0.230 e. The number of nitrogens with one attached hydrogen (secondary N) is 1. The SMILES string of the molecule is CC(CN)C(=O)Nc1nc(-c2cccs2)cs1.Cl. The van der Waals surface area contributed by atoms with Crippen LogP contribution in [0.2, 0.25) is 0 Å². The maximum atomic E-state index is 11.6. The molecule has 3 N–H and O–H groups in total. The molecule has 1 unspecified atom stereocenters. The summed E-state index contributed by atoms with van der Waals surface area (Å²) in [6.07, 6.45) is 0. The number of hydrogen-bond donors (Lipinski definition) is 2. The molecular formula is C11H14ClN3OS2. The molecule has 0 fully saturated rings. The average Bonchev–Trinajstić information content (AvgIpc) is 2.97. The quantitative estimate of drug-likeness (QED) is 0.912. The number of thiazole rings is 1. The van der Waals surface area contributed by atoms with Crippen molar-refractivity contribution in [3.05, 3.63) is 22.9 Å². The van der Waals surface area contributed by atoms with Crippen LogP contribution in [-0.2, 0) is 4.79 Å². The van der Waals surface area contributed by atoms with Gasteiger partial charge in [0, 0.05) is 17.8 Å². The number of nitrogens with zero attached hydrogens (tertiary/aromatic N) is 1. The van der Waals surface area contributed by atoms with Crippen molar-refractivity contribution in [2.75, 3.05) is 11.9 Å². The van der Waals surface area contributed by atoms with Crippen molar-refractivity contribution in [2.24, 2.45) is 11.7 Å². The Balaban J connectivity index is 0.00000162. The third kappa shape index (κ3) is 3.52. The Hall–Kier alpha value is -0.950. The average molecular weight is 304 g/mol. The zero-order chi connectivity index (χ0) is 12.3. The minimum Gasteiger partial charge on any atom is -0.330 e. The van der Waals surface area contributed by atoms with Crippen LogP contribution in [0.4, 0.5) is 5.13 Å². The molecule has 98 valence electrons. The molecule has 18 heavy (non-hydrogen) atoms. The Labute approximate surface area is 120 Å². The maximum absolute atomic E-state index is 11.6. The topological polar surface area (TPSA) is 68.0 Å². The fourth-order valence-corrected chi connectivity index (χ4v) is 2.68. The number of aromatic nitrogens is 1. The lowest BCUT2D eigenvalue weighted by Crippen LogP contribution is -2.26. The van der Waals surface area contributed by atoms with E-state index in [2.05, 4.69) is 10.3 Å². The normalized spacial score (nSPS) is 11.7. The van der Waals surface area contributed by atoms with Gasteiger partial charge in [-0.15, -0.1) is 35.1 Å². The summed E-state index contributed by atoms with van der Waals surface area (Å²) in [5.41, 5.74) is 6.34. The van der Waals surface area contributed by atoms with Crippen LogP contribution in [0.5, 0.6) is 0 Å². The Morgan fingerprint density at radius 2 is 2.33 bits per heavy atom. The van der Waals surface area contributed by atoms with Crippen LogP contribution in [-0.4, -0.2) is 17.4 Å². The Morgan fingerprint density at radius 1 is 1.56 bits per heavy atom.